The largest absolute Gasteiger partial charge is 0.380 e. The van der Waals surface area contributed by atoms with E-state index in [-0.39, 0.29) is 6.54 Å². The summed E-state index contributed by atoms with van der Waals surface area (Å²) in [5, 5.41) is 25.0. The van der Waals surface area contributed by atoms with Crippen LogP contribution in [0, 0.1) is 0 Å². The third-order valence-electron chi connectivity index (χ3n) is 3.69. The van der Waals surface area contributed by atoms with Crippen molar-refractivity contribution in [3.05, 3.63) is 52.5 Å². The number of rotatable bonds is 9. The standard InChI is InChI=1S/C17H22N4O4S/c18-21(10-7-12-4-1-2-8-19-12)17(25)15(23)14(22)16(24)20-9-6-13-5-3-11-26-13/h1-5,8,11,14-15,22-23H,6-7,9-10,18H2,(H,20,24)/t14-,15-/m1/s1. The van der Waals surface area contributed by atoms with Crippen molar-refractivity contribution in [2.75, 3.05) is 13.1 Å². The Hall–Kier alpha value is -2.33. The lowest BCUT2D eigenvalue weighted by Crippen LogP contribution is -2.53. The van der Waals surface area contributed by atoms with Gasteiger partial charge in [-0.1, -0.05) is 12.1 Å². The highest BCUT2D eigenvalue weighted by atomic mass is 32.1. The predicted molar refractivity (Wildman–Crippen MR) is 96.9 cm³/mol. The first-order valence-corrected chi connectivity index (χ1v) is 8.99. The zero-order valence-electron chi connectivity index (χ0n) is 14.1. The highest BCUT2D eigenvalue weighted by Gasteiger charge is 2.32. The summed E-state index contributed by atoms with van der Waals surface area (Å²) in [5.74, 6) is 3.87. The first-order chi connectivity index (χ1) is 12.5. The van der Waals surface area contributed by atoms with Crippen molar-refractivity contribution in [3.8, 4) is 0 Å². The molecule has 2 amide bonds. The van der Waals surface area contributed by atoms with Gasteiger partial charge in [-0.15, -0.1) is 11.3 Å². The Bertz CT molecular complexity index is 696. The summed E-state index contributed by atoms with van der Waals surface area (Å²) in [6, 6.07) is 9.19. The molecule has 0 saturated heterocycles. The molecule has 26 heavy (non-hydrogen) atoms. The number of carbonyl (C=O) groups excluding carboxylic acids is 2. The molecule has 2 atom stereocenters. The average molecular weight is 378 g/mol. The van der Waals surface area contributed by atoms with Crippen molar-refractivity contribution in [2.45, 2.75) is 25.0 Å². The van der Waals surface area contributed by atoms with E-state index in [2.05, 4.69) is 10.3 Å². The lowest BCUT2D eigenvalue weighted by Gasteiger charge is -2.22. The molecule has 2 heterocycles. The van der Waals surface area contributed by atoms with E-state index in [1.54, 1.807) is 29.7 Å². The zero-order chi connectivity index (χ0) is 18.9. The first kappa shape index (κ1) is 20.0. The SMILES string of the molecule is NN(CCc1ccccn1)C(=O)[C@H](O)[C@@H](O)C(=O)NCCc1cccs1. The van der Waals surface area contributed by atoms with Gasteiger partial charge < -0.3 is 15.5 Å². The van der Waals surface area contributed by atoms with Crippen LogP contribution in [0.2, 0.25) is 0 Å². The summed E-state index contributed by atoms with van der Waals surface area (Å²) < 4.78 is 0. The molecule has 0 radical (unpaired) electrons. The smallest absolute Gasteiger partial charge is 0.268 e. The number of amides is 2. The Morgan fingerprint density at radius 3 is 2.65 bits per heavy atom. The van der Waals surface area contributed by atoms with Gasteiger partial charge in [0.25, 0.3) is 11.8 Å². The Balaban J connectivity index is 1.76. The van der Waals surface area contributed by atoms with Crippen molar-refractivity contribution < 1.29 is 19.8 Å². The minimum absolute atomic E-state index is 0.0968. The van der Waals surface area contributed by atoms with Gasteiger partial charge in [0.1, 0.15) is 0 Å². The fraction of sp³-hybridized carbons (Fsp3) is 0.353. The number of hydrogen-bond donors (Lipinski definition) is 4. The van der Waals surface area contributed by atoms with E-state index >= 15 is 0 Å². The maximum absolute atomic E-state index is 12.1. The summed E-state index contributed by atoms with van der Waals surface area (Å²) in [6.07, 6.45) is -1.19. The molecular formula is C17H22N4O4S. The van der Waals surface area contributed by atoms with Gasteiger partial charge in [0, 0.05) is 36.3 Å². The summed E-state index contributed by atoms with van der Waals surface area (Å²) in [7, 11) is 0. The molecule has 2 aromatic rings. The predicted octanol–water partition coefficient (Wildman–Crippen LogP) is -0.531. The van der Waals surface area contributed by atoms with E-state index in [1.165, 1.54) is 0 Å². The molecule has 0 aliphatic heterocycles. The van der Waals surface area contributed by atoms with Crippen LogP contribution in [0.5, 0.6) is 0 Å². The summed E-state index contributed by atoms with van der Waals surface area (Å²) in [5.41, 5.74) is 0.733. The van der Waals surface area contributed by atoms with Crippen LogP contribution in [-0.4, -0.2) is 57.3 Å². The summed E-state index contributed by atoms with van der Waals surface area (Å²) in [6.45, 7) is 0.392. The van der Waals surface area contributed by atoms with Crippen LogP contribution in [-0.2, 0) is 22.4 Å². The van der Waals surface area contributed by atoms with E-state index < -0.39 is 24.0 Å². The normalized spacial score (nSPS) is 13.0. The van der Waals surface area contributed by atoms with E-state index in [1.807, 2.05) is 23.6 Å². The zero-order valence-corrected chi connectivity index (χ0v) is 14.9. The van der Waals surface area contributed by atoms with Crippen LogP contribution in [0.3, 0.4) is 0 Å². The first-order valence-electron chi connectivity index (χ1n) is 8.11. The second-order valence-corrected chi connectivity index (χ2v) is 6.65. The molecule has 5 N–H and O–H groups in total. The van der Waals surface area contributed by atoms with Crippen LogP contribution in [0.1, 0.15) is 10.6 Å². The fourth-order valence-corrected chi connectivity index (χ4v) is 2.92. The van der Waals surface area contributed by atoms with Gasteiger partial charge in [0.05, 0.1) is 0 Å². The molecule has 0 aromatic carbocycles. The third-order valence-corrected chi connectivity index (χ3v) is 4.63. The number of hydrogen-bond acceptors (Lipinski definition) is 7. The summed E-state index contributed by atoms with van der Waals surface area (Å²) >= 11 is 1.56. The number of aliphatic hydroxyl groups excluding tert-OH is 2. The van der Waals surface area contributed by atoms with E-state index in [9.17, 15) is 19.8 Å². The Morgan fingerprint density at radius 1 is 1.19 bits per heavy atom. The lowest BCUT2D eigenvalue weighted by atomic mass is 10.1. The molecule has 0 bridgehead atoms. The maximum Gasteiger partial charge on any atom is 0.268 e. The van der Waals surface area contributed by atoms with Gasteiger partial charge in [-0.3, -0.25) is 19.6 Å². The maximum atomic E-state index is 12.1. The highest BCUT2D eigenvalue weighted by molar-refractivity contribution is 7.09. The topological polar surface area (TPSA) is 129 Å². The van der Waals surface area contributed by atoms with E-state index in [4.69, 9.17) is 5.84 Å². The molecule has 2 rings (SSSR count). The van der Waals surface area contributed by atoms with Crippen LogP contribution in [0.4, 0.5) is 0 Å². The number of nitrogens with two attached hydrogens (primary N) is 1. The third kappa shape index (κ3) is 5.88. The number of hydrazine groups is 1. The van der Waals surface area contributed by atoms with Crippen molar-refractivity contribution in [1.29, 1.82) is 0 Å². The Labute approximate surface area is 155 Å². The molecule has 140 valence electrons. The monoisotopic (exact) mass is 378 g/mol. The summed E-state index contributed by atoms with van der Waals surface area (Å²) in [4.78, 5) is 29.1. The number of nitrogens with zero attached hydrogens (tertiary/aromatic N) is 2. The number of pyridine rings is 1. The van der Waals surface area contributed by atoms with E-state index in [0.717, 1.165) is 15.6 Å². The van der Waals surface area contributed by atoms with Crippen LogP contribution < -0.4 is 11.2 Å². The Morgan fingerprint density at radius 2 is 2.00 bits per heavy atom. The van der Waals surface area contributed by atoms with Gasteiger partial charge in [-0.2, -0.15) is 0 Å². The van der Waals surface area contributed by atoms with E-state index in [0.29, 0.717) is 19.4 Å². The number of nitrogens with one attached hydrogen (secondary N) is 1. The van der Waals surface area contributed by atoms with Gasteiger partial charge in [-0.25, -0.2) is 5.84 Å². The van der Waals surface area contributed by atoms with Gasteiger partial charge >= 0.3 is 0 Å². The number of carbonyl (C=O) groups is 2. The van der Waals surface area contributed by atoms with Gasteiger partial charge in [0.2, 0.25) is 0 Å². The second-order valence-electron chi connectivity index (χ2n) is 5.61. The molecule has 0 saturated carbocycles. The van der Waals surface area contributed by atoms with Gasteiger partial charge in [0.15, 0.2) is 12.2 Å². The minimum Gasteiger partial charge on any atom is -0.380 e. The average Bonchev–Trinajstić information content (AvgIpc) is 3.18. The van der Waals surface area contributed by atoms with Crippen molar-refractivity contribution in [3.63, 3.8) is 0 Å². The molecule has 8 nitrogen and oxygen atoms in total. The fourth-order valence-electron chi connectivity index (χ4n) is 2.21. The van der Waals surface area contributed by atoms with Gasteiger partial charge in [-0.05, 0) is 30.0 Å². The lowest BCUT2D eigenvalue weighted by molar-refractivity contribution is -0.153. The van der Waals surface area contributed by atoms with Crippen LogP contribution >= 0.6 is 11.3 Å². The number of aromatic nitrogens is 1. The quantitative estimate of drug-likeness (QED) is 0.264. The molecular weight excluding hydrogens is 356 g/mol. The number of aliphatic hydroxyl groups is 2. The molecule has 0 aliphatic carbocycles. The molecule has 0 spiro atoms. The molecule has 0 fully saturated rings. The number of thiophene rings is 1. The minimum atomic E-state index is -1.93. The van der Waals surface area contributed by atoms with Crippen molar-refractivity contribution >= 4 is 23.2 Å². The molecule has 0 aliphatic rings. The van der Waals surface area contributed by atoms with Crippen molar-refractivity contribution in [2.24, 2.45) is 5.84 Å². The Kier molecular flexibility index (Phi) is 7.67. The second kappa shape index (κ2) is 9.97. The van der Waals surface area contributed by atoms with Crippen LogP contribution in [0.15, 0.2) is 41.9 Å². The molecule has 2 aromatic heterocycles. The highest BCUT2D eigenvalue weighted by Crippen LogP contribution is 2.08. The van der Waals surface area contributed by atoms with Crippen molar-refractivity contribution in [1.82, 2.24) is 15.3 Å². The molecule has 0 unspecified atom stereocenters. The van der Waals surface area contributed by atoms with Crippen LogP contribution in [0.25, 0.3) is 0 Å². The molecule has 9 heteroatoms.